The van der Waals surface area contributed by atoms with Crippen molar-refractivity contribution in [3.8, 4) is 0 Å². The van der Waals surface area contributed by atoms with Gasteiger partial charge in [-0.3, -0.25) is 0 Å². The number of rotatable bonds is 4. The Morgan fingerprint density at radius 2 is 1.44 bits per heavy atom. The van der Waals surface area contributed by atoms with E-state index in [9.17, 15) is 5.11 Å². The van der Waals surface area contributed by atoms with Crippen LogP contribution in [0.5, 0.6) is 0 Å². The quantitative estimate of drug-likeness (QED) is 0.826. The molecule has 1 heterocycles. The molecule has 0 saturated carbocycles. The Bertz CT molecular complexity index is 797. The van der Waals surface area contributed by atoms with E-state index in [1.165, 1.54) is 39.1 Å². The van der Waals surface area contributed by atoms with Crippen LogP contribution in [-0.4, -0.2) is 17.8 Å². The molecule has 2 nitrogen and oxygen atoms in total. The van der Waals surface area contributed by atoms with Crippen LogP contribution in [0.4, 0.5) is 5.69 Å². The lowest BCUT2D eigenvalue weighted by Crippen LogP contribution is -2.33. The van der Waals surface area contributed by atoms with E-state index in [1.807, 2.05) is 0 Å². The van der Waals surface area contributed by atoms with E-state index in [1.54, 1.807) is 0 Å². The van der Waals surface area contributed by atoms with Crippen molar-refractivity contribution in [1.29, 1.82) is 0 Å². The highest BCUT2D eigenvalue weighted by atomic mass is 16.2. The lowest BCUT2D eigenvalue weighted by Gasteiger charge is -2.37. The Kier molecular flexibility index (Phi) is 5.10. The molecule has 25 heavy (non-hydrogen) atoms. The fraction of sp³-hybridized carbons (Fsp3) is 0.304. The van der Waals surface area contributed by atoms with Crippen LogP contribution in [0.2, 0.25) is 0 Å². The molecule has 0 amide bonds. The number of aliphatic hydroxyl groups is 1. The maximum Gasteiger partial charge on any atom is 0.0566 e. The van der Waals surface area contributed by atoms with Gasteiger partial charge in [-0.2, -0.15) is 0 Å². The van der Waals surface area contributed by atoms with Gasteiger partial charge in [-0.25, -0.2) is 0 Å². The van der Waals surface area contributed by atoms with Crippen LogP contribution in [0.15, 0.2) is 65.9 Å². The number of aliphatic hydroxyl groups excluding tert-OH is 1. The van der Waals surface area contributed by atoms with Gasteiger partial charge in [0.1, 0.15) is 0 Å². The molecule has 1 aliphatic heterocycles. The summed E-state index contributed by atoms with van der Waals surface area (Å²) >= 11 is 0. The number of nitrogens with zero attached hydrogens (tertiary/aromatic N) is 1. The predicted molar refractivity (Wildman–Crippen MR) is 107 cm³/mol. The summed E-state index contributed by atoms with van der Waals surface area (Å²) in [5.41, 5.74) is 8.81. The molecule has 1 unspecified atom stereocenters. The van der Waals surface area contributed by atoms with Gasteiger partial charge in [0.05, 0.1) is 6.04 Å². The van der Waals surface area contributed by atoms with E-state index in [2.05, 4.69) is 87.3 Å². The van der Waals surface area contributed by atoms with Gasteiger partial charge < -0.3 is 10.0 Å². The molecule has 0 aliphatic carbocycles. The van der Waals surface area contributed by atoms with Gasteiger partial charge in [-0.15, -0.1) is 0 Å². The predicted octanol–water partition coefficient (Wildman–Crippen LogP) is 5.25. The Labute approximate surface area is 151 Å². The first kappa shape index (κ1) is 17.5. The molecule has 0 spiro atoms. The Morgan fingerprint density at radius 1 is 0.880 bits per heavy atom. The summed E-state index contributed by atoms with van der Waals surface area (Å²) < 4.78 is 0. The Hall–Kier alpha value is -2.32. The zero-order valence-electron chi connectivity index (χ0n) is 15.6. The van der Waals surface area contributed by atoms with Gasteiger partial charge in [0.25, 0.3) is 0 Å². The molecule has 0 radical (unpaired) electrons. The van der Waals surface area contributed by atoms with Crippen molar-refractivity contribution in [2.24, 2.45) is 0 Å². The second kappa shape index (κ2) is 7.28. The molecule has 0 aromatic heterocycles. The highest BCUT2D eigenvalue weighted by molar-refractivity contribution is 5.81. The summed E-state index contributed by atoms with van der Waals surface area (Å²) in [5.74, 6) is 0. The molecule has 0 saturated heterocycles. The number of aryl methyl sites for hydroxylation is 2. The number of hydrogen-bond donors (Lipinski definition) is 1. The average Bonchev–Trinajstić information content (AvgIpc) is 2.60. The highest BCUT2D eigenvalue weighted by Gasteiger charge is 2.26. The van der Waals surface area contributed by atoms with Crippen LogP contribution in [0, 0.1) is 13.8 Å². The van der Waals surface area contributed by atoms with Crippen molar-refractivity contribution < 1.29 is 5.11 Å². The summed E-state index contributed by atoms with van der Waals surface area (Å²) in [6, 6.07) is 17.6. The molecule has 130 valence electrons. The fourth-order valence-corrected chi connectivity index (χ4v) is 3.58. The van der Waals surface area contributed by atoms with Crippen molar-refractivity contribution in [3.63, 3.8) is 0 Å². The lowest BCUT2D eigenvalue weighted by molar-refractivity contribution is 0.299. The summed E-state index contributed by atoms with van der Waals surface area (Å²) in [6.45, 7) is 8.83. The van der Waals surface area contributed by atoms with Crippen molar-refractivity contribution in [3.05, 3.63) is 82.6 Å². The molecule has 0 fully saturated rings. The molecule has 2 aromatic carbocycles. The minimum Gasteiger partial charge on any atom is -0.396 e. The Balaban J connectivity index is 2.08. The molecule has 1 atom stereocenters. The highest BCUT2D eigenvalue weighted by Crippen LogP contribution is 2.37. The number of anilines is 1. The summed E-state index contributed by atoms with van der Waals surface area (Å²) in [5, 5.41) is 9.51. The third-order valence-corrected chi connectivity index (χ3v) is 5.09. The smallest absolute Gasteiger partial charge is 0.0566 e. The molecule has 2 heteroatoms. The molecule has 0 bridgehead atoms. The normalized spacial score (nSPS) is 17.7. The van der Waals surface area contributed by atoms with E-state index >= 15 is 0 Å². The maximum atomic E-state index is 9.51. The third-order valence-electron chi connectivity index (χ3n) is 5.09. The van der Waals surface area contributed by atoms with Crippen LogP contribution in [-0.2, 0) is 0 Å². The van der Waals surface area contributed by atoms with Crippen LogP contribution in [0.25, 0.3) is 5.57 Å². The van der Waals surface area contributed by atoms with Crippen LogP contribution in [0.3, 0.4) is 0 Å². The van der Waals surface area contributed by atoms with E-state index in [-0.39, 0.29) is 12.6 Å². The zero-order chi connectivity index (χ0) is 18.0. The summed E-state index contributed by atoms with van der Waals surface area (Å²) in [7, 11) is 0. The van der Waals surface area contributed by atoms with Gasteiger partial charge in [0.2, 0.25) is 0 Å². The van der Waals surface area contributed by atoms with Gasteiger partial charge in [0.15, 0.2) is 0 Å². The van der Waals surface area contributed by atoms with E-state index < -0.39 is 0 Å². The van der Waals surface area contributed by atoms with Crippen molar-refractivity contribution >= 4 is 11.3 Å². The van der Waals surface area contributed by atoms with Crippen LogP contribution in [0.1, 0.15) is 37.0 Å². The van der Waals surface area contributed by atoms with Crippen LogP contribution < -0.4 is 4.90 Å². The number of hydrogen-bond acceptors (Lipinski definition) is 2. The van der Waals surface area contributed by atoms with Gasteiger partial charge in [0, 0.05) is 18.5 Å². The second-order valence-electron chi connectivity index (χ2n) is 6.95. The van der Waals surface area contributed by atoms with E-state index in [4.69, 9.17) is 0 Å². The first-order valence-electron chi connectivity index (χ1n) is 8.96. The first-order chi connectivity index (χ1) is 12.0. The topological polar surface area (TPSA) is 23.5 Å². The standard InChI is InChI=1S/C23H27NO/c1-16-5-9-20(10-6-16)23-18(3)21(13-14-25)15-24(19(23)4)22-11-7-17(2)8-12-22/h5-12,15,19,25H,13-14H2,1-4H3. The molecule has 2 aromatic rings. The maximum absolute atomic E-state index is 9.51. The van der Waals surface area contributed by atoms with Crippen LogP contribution >= 0.6 is 0 Å². The second-order valence-corrected chi connectivity index (χ2v) is 6.95. The average molecular weight is 333 g/mol. The van der Waals surface area contributed by atoms with Gasteiger partial charge >= 0.3 is 0 Å². The minimum absolute atomic E-state index is 0.167. The zero-order valence-corrected chi connectivity index (χ0v) is 15.6. The minimum atomic E-state index is 0.167. The van der Waals surface area contributed by atoms with E-state index in [0.717, 1.165) is 0 Å². The molecular formula is C23H27NO. The van der Waals surface area contributed by atoms with Crippen molar-refractivity contribution in [2.45, 2.75) is 40.2 Å². The number of allylic oxidation sites excluding steroid dienone is 1. The summed E-state index contributed by atoms with van der Waals surface area (Å²) in [6.07, 6.45) is 2.88. The third kappa shape index (κ3) is 3.54. The monoisotopic (exact) mass is 333 g/mol. The van der Waals surface area contributed by atoms with Crippen molar-refractivity contribution in [2.75, 3.05) is 11.5 Å². The van der Waals surface area contributed by atoms with Crippen molar-refractivity contribution in [1.82, 2.24) is 0 Å². The lowest BCUT2D eigenvalue weighted by atomic mass is 9.86. The molecule has 1 N–H and O–H groups in total. The fourth-order valence-electron chi connectivity index (χ4n) is 3.58. The molecule has 3 rings (SSSR count). The van der Waals surface area contributed by atoms with E-state index in [0.29, 0.717) is 6.42 Å². The van der Waals surface area contributed by atoms with Gasteiger partial charge in [-0.1, -0.05) is 47.5 Å². The van der Waals surface area contributed by atoms with Gasteiger partial charge in [-0.05, 0) is 68.5 Å². The first-order valence-corrected chi connectivity index (χ1v) is 8.96. The molecule has 1 aliphatic rings. The summed E-state index contributed by atoms with van der Waals surface area (Å²) in [4.78, 5) is 2.33. The largest absolute Gasteiger partial charge is 0.396 e. The Morgan fingerprint density at radius 3 is 2.00 bits per heavy atom. The number of benzene rings is 2. The molecular weight excluding hydrogens is 306 g/mol. The SMILES string of the molecule is CC1=C(c2ccc(C)cc2)C(C)N(c2ccc(C)cc2)C=C1CCO.